The quantitative estimate of drug-likeness (QED) is 0.817. The number of hydrogen-bond donors (Lipinski definition) is 1. The molecule has 1 aromatic rings. The normalized spacial score (nSPS) is 21.7. The number of carbonyl (C=O) groups is 3. The van der Waals surface area contributed by atoms with Crippen molar-refractivity contribution in [2.45, 2.75) is 51.2 Å². The fourth-order valence-corrected chi connectivity index (χ4v) is 3.56. The summed E-state index contributed by atoms with van der Waals surface area (Å²) in [6.45, 7) is 1.84. The summed E-state index contributed by atoms with van der Waals surface area (Å²) >= 11 is 0. The summed E-state index contributed by atoms with van der Waals surface area (Å²) < 4.78 is 18.1. The van der Waals surface area contributed by atoms with Crippen LogP contribution in [0, 0.1) is 11.7 Å². The Hall–Kier alpha value is -2.44. The number of nitrogens with one attached hydrogen (secondary N) is 1. The number of hydrogen-bond acceptors (Lipinski definition) is 4. The third-order valence-corrected chi connectivity index (χ3v) is 5.03. The summed E-state index contributed by atoms with van der Waals surface area (Å²) in [4.78, 5) is 38.4. The predicted octanol–water partition coefficient (Wildman–Crippen LogP) is 2.49. The molecule has 2 fully saturated rings. The SMILES string of the molecule is C[C@H](OC(=O)[C@@H]1CC(=O)N(C2CCCC2)C1)C(=O)Nc1ccc(F)cc1. The summed E-state index contributed by atoms with van der Waals surface area (Å²) in [5, 5.41) is 2.57. The number of halogens is 1. The monoisotopic (exact) mass is 362 g/mol. The highest BCUT2D eigenvalue weighted by Crippen LogP contribution is 2.30. The molecule has 2 atom stereocenters. The summed E-state index contributed by atoms with van der Waals surface area (Å²) in [6.07, 6.45) is 3.35. The van der Waals surface area contributed by atoms with E-state index < -0.39 is 29.7 Å². The molecule has 0 spiro atoms. The van der Waals surface area contributed by atoms with Gasteiger partial charge in [0.2, 0.25) is 5.91 Å². The number of ether oxygens (including phenoxy) is 1. The third kappa shape index (κ3) is 4.20. The fourth-order valence-electron chi connectivity index (χ4n) is 3.56. The van der Waals surface area contributed by atoms with Crippen LogP contribution in [0.5, 0.6) is 0 Å². The zero-order valence-corrected chi connectivity index (χ0v) is 14.7. The first-order valence-corrected chi connectivity index (χ1v) is 9.00. The standard InChI is InChI=1S/C19H23FN2O4/c1-12(18(24)21-15-8-6-14(20)7-9-15)26-19(25)13-10-17(23)22(11-13)16-4-2-3-5-16/h6-9,12-13,16H,2-5,10-11H2,1H3,(H,21,24)/t12-,13+/m0/s1. The summed E-state index contributed by atoms with van der Waals surface area (Å²) in [5.41, 5.74) is 0.419. The van der Waals surface area contributed by atoms with E-state index in [-0.39, 0.29) is 18.4 Å². The van der Waals surface area contributed by atoms with E-state index in [0.29, 0.717) is 12.2 Å². The summed E-state index contributed by atoms with van der Waals surface area (Å²) in [6, 6.07) is 5.55. The second kappa shape index (κ2) is 7.85. The molecule has 1 aliphatic carbocycles. The Kier molecular flexibility index (Phi) is 5.54. The van der Waals surface area contributed by atoms with Gasteiger partial charge in [-0.1, -0.05) is 12.8 Å². The largest absolute Gasteiger partial charge is 0.452 e. The van der Waals surface area contributed by atoms with E-state index in [1.54, 1.807) is 4.90 Å². The van der Waals surface area contributed by atoms with Gasteiger partial charge in [0.25, 0.3) is 5.91 Å². The highest BCUT2D eigenvalue weighted by molar-refractivity contribution is 5.95. The van der Waals surface area contributed by atoms with Gasteiger partial charge < -0.3 is 15.0 Å². The number of nitrogens with zero attached hydrogens (tertiary/aromatic N) is 1. The van der Waals surface area contributed by atoms with E-state index in [1.165, 1.54) is 31.2 Å². The van der Waals surface area contributed by atoms with Crippen molar-refractivity contribution in [3.05, 3.63) is 30.1 Å². The Balaban J connectivity index is 1.51. The Morgan fingerprint density at radius 1 is 1.23 bits per heavy atom. The molecule has 6 nitrogen and oxygen atoms in total. The molecule has 1 saturated heterocycles. The molecule has 7 heteroatoms. The van der Waals surface area contributed by atoms with Crippen LogP contribution in [0.4, 0.5) is 10.1 Å². The van der Waals surface area contributed by atoms with E-state index in [0.717, 1.165) is 25.7 Å². The van der Waals surface area contributed by atoms with E-state index in [9.17, 15) is 18.8 Å². The molecule has 0 bridgehead atoms. The van der Waals surface area contributed by atoms with Crippen molar-refractivity contribution in [3.63, 3.8) is 0 Å². The molecule has 2 aliphatic rings. The van der Waals surface area contributed by atoms with Crippen LogP contribution in [0.3, 0.4) is 0 Å². The van der Waals surface area contributed by atoms with Crippen molar-refractivity contribution in [3.8, 4) is 0 Å². The van der Waals surface area contributed by atoms with Gasteiger partial charge in [0.1, 0.15) is 5.82 Å². The number of likely N-dealkylation sites (tertiary alicyclic amines) is 1. The van der Waals surface area contributed by atoms with Crippen LogP contribution < -0.4 is 5.32 Å². The molecule has 1 aromatic carbocycles. The minimum Gasteiger partial charge on any atom is -0.452 e. The van der Waals surface area contributed by atoms with Crippen LogP contribution in [-0.4, -0.2) is 41.4 Å². The molecule has 0 unspecified atom stereocenters. The maximum absolute atomic E-state index is 12.9. The number of rotatable bonds is 5. The second-order valence-electron chi connectivity index (χ2n) is 6.96. The number of anilines is 1. The maximum atomic E-state index is 12.9. The Bertz CT molecular complexity index is 685. The van der Waals surface area contributed by atoms with Gasteiger partial charge >= 0.3 is 5.97 Å². The lowest BCUT2D eigenvalue weighted by atomic mass is 10.1. The van der Waals surface area contributed by atoms with Gasteiger partial charge in [0.15, 0.2) is 6.10 Å². The molecule has 1 N–H and O–H groups in total. The van der Waals surface area contributed by atoms with Gasteiger partial charge in [0, 0.05) is 24.7 Å². The van der Waals surface area contributed by atoms with Gasteiger partial charge in [0.05, 0.1) is 5.92 Å². The highest BCUT2D eigenvalue weighted by Gasteiger charge is 2.40. The van der Waals surface area contributed by atoms with Gasteiger partial charge in [-0.15, -0.1) is 0 Å². The lowest BCUT2D eigenvalue weighted by molar-refractivity contribution is -0.157. The number of esters is 1. The predicted molar refractivity (Wildman–Crippen MR) is 92.7 cm³/mol. The Labute approximate surface area is 151 Å². The summed E-state index contributed by atoms with van der Waals surface area (Å²) in [5.74, 6) is -1.96. The molecule has 1 saturated carbocycles. The average molecular weight is 362 g/mol. The number of benzene rings is 1. The van der Waals surface area contributed by atoms with E-state index in [2.05, 4.69) is 5.32 Å². The van der Waals surface area contributed by atoms with Gasteiger partial charge in [-0.3, -0.25) is 14.4 Å². The number of amides is 2. The average Bonchev–Trinajstić information content (AvgIpc) is 3.26. The fraction of sp³-hybridized carbons (Fsp3) is 0.526. The first kappa shape index (κ1) is 18.4. The van der Waals surface area contributed by atoms with E-state index >= 15 is 0 Å². The minimum absolute atomic E-state index is 0.0118. The van der Waals surface area contributed by atoms with Crippen molar-refractivity contribution < 1.29 is 23.5 Å². The molecule has 26 heavy (non-hydrogen) atoms. The first-order valence-electron chi connectivity index (χ1n) is 9.00. The molecule has 1 heterocycles. The molecular formula is C19H23FN2O4. The zero-order chi connectivity index (χ0) is 18.7. The second-order valence-corrected chi connectivity index (χ2v) is 6.96. The minimum atomic E-state index is -0.997. The van der Waals surface area contributed by atoms with Crippen molar-refractivity contribution >= 4 is 23.5 Å². The van der Waals surface area contributed by atoms with Crippen molar-refractivity contribution in [1.82, 2.24) is 4.90 Å². The Morgan fingerprint density at radius 3 is 2.54 bits per heavy atom. The zero-order valence-electron chi connectivity index (χ0n) is 14.7. The Morgan fingerprint density at radius 2 is 1.88 bits per heavy atom. The molecule has 1 aliphatic heterocycles. The van der Waals surface area contributed by atoms with Crippen LogP contribution in [-0.2, 0) is 19.1 Å². The van der Waals surface area contributed by atoms with Gasteiger partial charge in [-0.05, 0) is 44.0 Å². The van der Waals surface area contributed by atoms with E-state index in [1.807, 2.05) is 0 Å². The topological polar surface area (TPSA) is 75.7 Å². The molecule has 0 aromatic heterocycles. The third-order valence-electron chi connectivity index (χ3n) is 5.03. The van der Waals surface area contributed by atoms with Crippen molar-refractivity contribution in [2.24, 2.45) is 5.92 Å². The van der Waals surface area contributed by atoms with Crippen LogP contribution in [0.25, 0.3) is 0 Å². The molecule has 0 radical (unpaired) electrons. The lowest BCUT2D eigenvalue weighted by Crippen LogP contribution is -2.36. The van der Waals surface area contributed by atoms with E-state index in [4.69, 9.17) is 4.74 Å². The molecule has 2 amide bonds. The highest BCUT2D eigenvalue weighted by atomic mass is 19.1. The van der Waals surface area contributed by atoms with Crippen LogP contribution in [0.15, 0.2) is 24.3 Å². The summed E-state index contributed by atoms with van der Waals surface area (Å²) in [7, 11) is 0. The van der Waals surface area contributed by atoms with Crippen LogP contribution >= 0.6 is 0 Å². The molecule has 3 rings (SSSR count). The van der Waals surface area contributed by atoms with Crippen molar-refractivity contribution in [2.75, 3.05) is 11.9 Å². The number of carbonyl (C=O) groups excluding carboxylic acids is 3. The van der Waals surface area contributed by atoms with Crippen molar-refractivity contribution in [1.29, 1.82) is 0 Å². The maximum Gasteiger partial charge on any atom is 0.312 e. The van der Waals surface area contributed by atoms with Crippen LogP contribution in [0.1, 0.15) is 39.0 Å². The smallest absolute Gasteiger partial charge is 0.312 e. The first-order chi connectivity index (χ1) is 12.4. The van der Waals surface area contributed by atoms with Crippen LogP contribution in [0.2, 0.25) is 0 Å². The van der Waals surface area contributed by atoms with Gasteiger partial charge in [-0.2, -0.15) is 0 Å². The van der Waals surface area contributed by atoms with Gasteiger partial charge in [-0.25, -0.2) is 4.39 Å². The molecular weight excluding hydrogens is 339 g/mol. The lowest BCUT2D eigenvalue weighted by Gasteiger charge is -2.24. The molecule has 140 valence electrons.